The van der Waals surface area contributed by atoms with Crippen LogP contribution in [0.15, 0.2) is 41.8 Å². The van der Waals surface area contributed by atoms with Crippen LogP contribution in [0.1, 0.15) is 35.5 Å². The van der Waals surface area contributed by atoms with Gasteiger partial charge in [-0.2, -0.15) is 0 Å². The van der Waals surface area contributed by atoms with Crippen LogP contribution >= 0.6 is 11.3 Å². The van der Waals surface area contributed by atoms with Crippen molar-refractivity contribution in [3.05, 3.63) is 58.1 Å². The van der Waals surface area contributed by atoms with Crippen molar-refractivity contribution in [1.29, 1.82) is 0 Å². The molecule has 1 aliphatic heterocycles. The summed E-state index contributed by atoms with van der Waals surface area (Å²) in [6.45, 7) is 4.91. The van der Waals surface area contributed by atoms with Crippen LogP contribution in [0.3, 0.4) is 0 Å². The second kappa shape index (κ2) is 9.64. The Morgan fingerprint density at radius 2 is 2.19 bits per heavy atom. The van der Waals surface area contributed by atoms with Crippen molar-refractivity contribution in [1.82, 2.24) is 15.2 Å². The lowest BCUT2D eigenvalue weighted by Crippen LogP contribution is -2.43. The lowest BCUT2D eigenvalue weighted by Gasteiger charge is -2.23. The van der Waals surface area contributed by atoms with Crippen LogP contribution in [-0.4, -0.2) is 41.5 Å². The molecule has 2 aromatic rings. The van der Waals surface area contributed by atoms with E-state index in [0.29, 0.717) is 6.42 Å². The van der Waals surface area contributed by atoms with Crippen molar-refractivity contribution in [2.24, 2.45) is 0 Å². The van der Waals surface area contributed by atoms with Gasteiger partial charge in [0.2, 0.25) is 5.91 Å². The normalized spacial score (nSPS) is 18.7. The fraction of sp³-hybridized carbons (Fsp3) is 0.429. The summed E-state index contributed by atoms with van der Waals surface area (Å²) in [6, 6.07) is 10.6. The number of aryl methyl sites for hydroxylation is 1. The lowest BCUT2D eigenvalue weighted by molar-refractivity contribution is -0.121. The fourth-order valence-electron chi connectivity index (χ4n) is 3.34. The number of carbonyl (C=O) groups excluding carboxylic acids is 1. The van der Waals surface area contributed by atoms with Crippen molar-refractivity contribution in [2.75, 3.05) is 19.6 Å². The highest BCUT2D eigenvalue weighted by Gasteiger charge is 2.19. The molecule has 1 atom stereocenters. The summed E-state index contributed by atoms with van der Waals surface area (Å²) in [5, 5.41) is 6.20. The molecular weight excluding hydrogens is 342 g/mol. The first-order valence-electron chi connectivity index (χ1n) is 9.33. The van der Waals surface area contributed by atoms with Gasteiger partial charge in [0.25, 0.3) is 0 Å². The predicted octanol–water partition coefficient (Wildman–Crippen LogP) is 3.68. The average molecular weight is 370 g/mol. The zero-order chi connectivity index (χ0) is 18.2. The molecule has 0 aliphatic carbocycles. The number of rotatable bonds is 6. The monoisotopic (exact) mass is 369 g/mol. The Labute approximate surface area is 160 Å². The second-order valence-corrected chi connectivity index (χ2v) is 7.93. The number of amides is 1. The molecule has 1 amide bonds. The average Bonchev–Trinajstić information content (AvgIpc) is 2.90. The van der Waals surface area contributed by atoms with E-state index in [2.05, 4.69) is 51.6 Å². The van der Waals surface area contributed by atoms with Gasteiger partial charge in [0.1, 0.15) is 0 Å². The largest absolute Gasteiger partial charge is 0.352 e. The molecule has 0 radical (unpaired) electrons. The molecule has 5 heteroatoms. The predicted molar refractivity (Wildman–Crippen MR) is 108 cm³/mol. The number of carbonyl (C=O) groups is 1. The Bertz CT molecular complexity index is 726. The Morgan fingerprint density at radius 1 is 1.35 bits per heavy atom. The van der Waals surface area contributed by atoms with Crippen LogP contribution in [0, 0.1) is 6.92 Å². The lowest BCUT2D eigenvalue weighted by atomic mass is 10.1. The molecule has 1 aliphatic rings. The third-order valence-electron chi connectivity index (χ3n) is 4.60. The molecule has 1 unspecified atom stereocenters. The maximum Gasteiger partial charge on any atom is 0.226 e. The molecule has 2 heterocycles. The van der Waals surface area contributed by atoms with Crippen LogP contribution < -0.4 is 5.32 Å². The quantitative estimate of drug-likeness (QED) is 0.845. The van der Waals surface area contributed by atoms with E-state index in [-0.39, 0.29) is 11.9 Å². The molecule has 1 fully saturated rings. The van der Waals surface area contributed by atoms with E-state index in [4.69, 9.17) is 0 Å². The van der Waals surface area contributed by atoms with Crippen LogP contribution in [0.4, 0.5) is 0 Å². The molecule has 1 N–H and O–H groups in total. The Kier molecular flexibility index (Phi) is 6.97. The van der Waals surface area contributed by atoms with Crippen LogP contribution in [0.25, 0.3) is 6.08 Å². The zero-order valence-electron chi connectivity index (χ0n) is 15.4. The van der Waals surface area contributed by atoms with E-state index in [1.807, 2.05) is 18.4 Å². The van der Waals surface area contributed by atoms with Crippen molar-refractivity contribution < 1.29 is 4.79 Å². The van der Waals surface area contributed by atoms with Gasteiger partial charge in [0.15, 0.2) is 0 Å². The Hall–Kier alpha value is -1.98. The molecule has 1 saturated heterocycles. The van der Waals surface area contributed by atoms with Gasteiger partial charge in [0, 0.05) is 24.5 Å². The standard InChI is InChI=1S/C21H27N3OS/c1-17-22-20(16-26-17)14-21(25)23-19-11-5-6-12-24(15-19)13-7-10-18-8-3-2-4-9-18/h2-4,7-10,16,19H,5-6,11-15H2,1H3,(H,23,25). The van der Waals surface area contributed by atoms with Gasteiger partial charge in [-0.1, -0.05) is 48.9 Å². The summed E-state index contributed by atoms with van der Waals surface area (Å²) in [4.78, 5) is 19.1. The van der Waals surface area contributed by atoms with Gasteiger partial charge in [-0.15, -0.1) is 11.3 Å². The van der Waals surface area contributed by atoms with Gasteiger partial charge in [-0.25, -0.2) is 4.98 Å². The Balaban J connectivity index is 1.48. The molecule has 4 nitrogen and oxygen atoms in total. The van der Waals surface area contributed by atoms with Gasteiger partial charge < -0.3 is 5.32 Å². The van der Waals surface area contributed by atoms with E-state index in [1.165, 1.54) is 18.4 Å². The van der Waals surface area contributed by atoms with Crippen LogP contribution in [-0.2, 0) is 11.2 Å². The minimum Gasteiger partial charge on any atom is -0.352 e. The molecule has 0 saturated carbocycles. The third kappa shape index (κ3) is 6.07. The van der Waals surface area contributed by atoms with Crippen molar-refractivity contribution in [3.63, 3.8) is 0 Å². The SMILES string of the molecule is Cc1nc(CC(=O)NC2CCCCN(CC=Cc3ccccc3)C2)cs1. The first kappa shape index (κ1) is 18.8. The molecule has 0 spiro atoms. The molecule has 3 rings (SSSR count). The topological polar surface area (TPSA) is 45.2 Å². The summed E-state index contributed by atoms with van der Waals surface area (Å²) in [7, 11) is 0. The van der Waals surface area contributed by atoms with Crippen molar-refractivity contribution in [2.45, 2.75) is 38.6 Å². The van der Waals surface area contributed by atoms with E-state index in [9.17, 15) is 4.79 Å². The first-order chi connectivity index (χ1) is 12.7. The zero-order valence-corrected chi connectivity index (χ0v) is 16.2. The Morgan fingerprint density at radius 3 is 2.96 bits per heavy atom. The molecule has 0 bridgehead atoms. The minimum atomic E-state index is 0.0852. The highest BCUT2D eigenvalue weighted by atomic mass is 32.1. The number of nitrogens with one attached hydrogen (secondary N) is 1. The van der Waals surface area contributed by atoms with Gasteiger partial charge >= 0.3 is 0 Å². The first-order valence-corrected chi connectivity index (χ1v) is 10.2. The summed E-state index contributed by atoms with van der Waals surface area (Å²) in [5.41, 5.74) is 2.10. The smallest absolute Gasteiger partial charge is 0.226 e. The maximum atomic E-state index is 12.3. The van der Waals surface area contributed by atoms with Gasteiger partial charge in [0.05, 0.1) is 17.1 Å². The summed E-state index contributed by atoms with van der Waals surface area (Å²) < 4.78 is 0. The number of benzene rings is 1. The second-order valence-electron chi connectivity index (χ2n) is 6.87. The number of likely N-dealkylation sites (tertiary alicyclic amines) is 1. The maximum absolute atomic E-state index is 12.3. The van der Waals surface area contributed by atoms with Crippen LogP contribution in [0.2, 0.25) is 0 Å². The van der Waals surface area contributed by atoms with Gasteiger partial charge in [-0.05, 0) is 31.9 Å². The summed E-state index contributed by atoms with van der Waals surface area (Å²) in [6.07, 6.45) is 8.19. The number of hydrogen-bond acceptors (Lipinski definition) is 4. The fourth-order valence-corrected chi connectivity index (χ4v) is 3.95. The number of thiazole rings is 1. The summed E-state index contributed by atoms with van der Waals surface area (Å²) >= 11 is 1.60. The number of nitrogens with zero attached hydrogens (tertiary/aromatic N) is 2. The highest BCUT2D eigenvalue weighted by Crippen LogP contribution is 2.13. The van der Waals surface area contributed by atoms with Gasteiger partial charge in [-0.3, -0.25) is 9.69 Å². The highest BCUT2D eigenvalue weighted by molar-refractivity contribution is 7.09. The van der Waals surface area contributed by atoms with E-state index >= 15 is 0 Å². The third-order valence-corrected chi connectivity index (χ3v) is 5.42. The number of hydrogen-bond donors (Lipinski definition) is 1. The van der Waals surface area contributed by atoms with Crippen molar-refractivity contribution in [3.8, 4) is 0 Å². The number of aromatic nitrogens is 1. The molecular formula is C21H27N3OS. The molecule has 1 aromatic carbocycles. The van der Waals surface area contributed by atoms with Crippen LogP contribution in [0.5, 0.6) is 0 Å². The van der Waals surface area contributed by atoms with E-state index in [0.717, 1.165) is 36.8 Å². The molecule has 26 heavy (non-hydrogen) atoms. The van der Waals surface area contributed by atoms with E-state index in [1.54, 1.807) is 11.3 Å². The summed E-state index contributed by atoms with van der Waals surface area (Å²) in [5.74, 6) is 0.0852. The molecule has 138 valence electrons. The van der Waals surface area contributed by atoms with Crippen molar-refractivity contribution >= 4 is 23.3 Å². The minimum absolute atomic E-state index is 0.0852. The molecule has 1 aromatic heterocycles. The van der Waals surface area contributed by atoms with E-state index < -0.39 is 0 Å².